The fourth-order valence-electron chi connectivity index (χ4n) is 2.51. The topological polar surface area (TPSA) is 21.7 Å². The molecular weight excluding hydrogens is 262 g/mol. The average Bonchev–Trinajstić information content (AvgIpc) is 2.43. The Morgan fingerprint density at radius 3 is 2.32 bits per heavy atom. The monoisotopic (exact) mass is 285 g/mol. The maximum atomic E-state index is 5.38. The van der Waals surface area contributed by atoms with E-state index >= 15 is 0 Å². The molecular formula is C15H24ClNO2. The Kier molecular flexibility index (Phi) is 6.46. The molecule has 2 rings (SSSR count). The summed E-state index contributed by atoms with van der Waals surface area (Å²) in [6, 6.07) is 4.26. The molecule has 108 valence electrons. The first-order chi connectivity index (χ1) is 8.78. The van der Waals surface area contributed by atoms with Gasteiger partial charge in [0.1, 0.15) is 0 Å². The summed E-state index contributed by atoms with van der Waals surface area (Å²) in [6.45, 7) is 5.63. The molecule has 1 aromatic rings. The summed E-state index contributed by atoms with van der Waals surface area (Å²) in [6.07, 6.45) is 3.65. The van der Waals surface area contributed by atoms with Gasteiger partial charge in [-0.2, -0.15) is 0 Å². The highest BCUT2D eigenvalue weighted by Gasteiger charge is 2.18. The SMILES string of the molecule is CCCCN1CCc2cc(OC)c(OC)cc2C1.Cl. The molecule has 0 amide bonds. The minimum Gasteiger partial charge on any atom is -0.493 e. The van der Waals surface area contributed by atoms with Crippen molar-refractivity contribution in [2.45, 2.75) is 32.7 Å². The number of ether oxygens (including phenoxy) is 2. The van der Waals surface area contributed by atoms with E-state index in [9.17, 15) is 0 Å². The van der Waals surface area contributed by atoms with Crippen molar-refractivity contribution >= 4 is 12.4 Å². The molecule has 0 aliphatic carbocycles. The Hall–Kier alpha value is -0.930. The molecule has 0 unspecified atom stereocenters. The third kappa shape index (κ3) is 3.77. The summed E-state index contributed by atoms with van der Waals surface area (Å²) in [5.41, 5.74) is 2.79. The molecule has 0 bridgehead atoms. The molecule has 3 nitrogen and oxygen atoms in total. The Balaban J connectivity index is 0.00000180. The Bertz CT molecular complexity index is 409. The van der Waals surface area contributed by atoms with Crippen LogP contribution in [0, 0.1) is 0 Å². The molecule has 0 N–H and O–H groups in total. The first-order valence-electron chi connectivity index (χ1n) is 6.74. The molecule has 1 heterocycles. The van der Waals surface area contributed by atoms with Crippen molar-refractivity contribution in [2.75, 3.05) is 27.3 Å². The molecule has 0 saturated heterocycles. The lowest BCUT2D eigenvalue weighted by molar-refractivity contribution is 0.249. The lowest BCUT2D eigenvalue weighted by Crippen LogP contribution is -2.31. The number of nitrogens with zero attached hydrogens (tertiary/aromatic N) is 1. The number of methoxy groups -OCH3 is 2. The van der Waals surface area contributed by atoms with E-state index in [0.29, 0.717) is 0 Å². The van der Waals surface area contributed by atoms with Crippen molar-refractivity contribution in [1.82, 2.24) is 4.90 Å². The number of hydrogen-bond acceptors (Lipinski definition) is 3. The van der Waals surface area contributed by atoms with Crippen molar-refractivity contribution in [1.29, 1.82) is 0 Å². The van der Waals surface area contributed by atoms with E-state index in [4.69, 9.17) is 9.47 Å². The third-order valence-electron chi connectivity index (χ3n) is 3.63. The third-order valence-corrected chi connectivity index (χ3v) is 3.63. The van der Waals surface area contributed by atoms with Crippen LogP contribution in [0.4, 0.5) is 0 Å². The van der Waals surface area contributed by atoms with Gasteiger partial charge >= 0.3 is 0 Å². The van der Waals surface area contributed by atoms with Crippen molar-refractivity contribution in [2.24, 2.45) is 0 Å². The van der Waals surface area contributed by atoms with Gasteiger partial charge in [-0.3, -0.25) is 4.90 Å². The highest BCUT2D eigenvalue weighted by atomic mass is 35.5. The fourth-order valence-corrected chi connectivity index (χ4v) is 2.51. The highest BCUT2D eigenvalue weighted by molar-refractivity contribution is 5.85. The van der Waals surface area contributed by atoms with Crippen LogP contribution in [0.2, 0.25) is 0 Å². The van der Waals surface area contributed by atoms with E-state index in [1.807, 2.05) is 0 Å². The molecule has 1 aliphatic heterocycles. The summed E-state index contributed by atoms with van der Waals surface area (Å²) in [4.78, 5) is 2.53. The zero-order valence-corrected chi connectivity index (χ0v) is 12.9. The van der Waals surface area contributed by atoms with Gasteiger partial charge in [0.25, 0.3) is 0 Å². The van der Waals surface area contributed by atoms with E-state index < -0.39 is 0 Å². The second-order valence-corrected chi connectivity index (χ2v) is 4.86. The van der Waals surface area contributed by atoms with Crippen molar-refractivity contribution in [3.63, 3.8) is 0 Å². The Morgan fingerprint density at radius 2 is 1.74 bits per heavy atom. The molecule has 19 heavy (non-hydrogen) atoms. The van der Waals surface area contributed by atoms with Gasteiger partial charge in [0, 0.05) is 13.1 Å². The van der Waals surface area contributed by atoms with Gasteiger partial charge in [-0.05, 0) is 42.6 Å². The summed E-state index contributed by atoms with van der Waals surface area (Å²) in [5, 5.41) is 0. The average molecular weight is 286 g/mol. The van der Waals surface area contributed by atoms with Crippen molar-refractivity contribution in [3.05, 3.63) is 23.3 Å². The van der Waals surface area contributed by atoms with Crippen molar-refractivity contribution < 1.29 is 9.47 Å². The molecule has 1 aliphatic rings. The van der Waals surface area contributed by atoms with E-state index in [1.54, 1.807) is 14.2 Å². The highest BCUT2D eigenvalue weighted by Crippen LogP contribution is 2.33. The van der Waals surface area contributed by atoms with Gasteiger partial charge in [0.15, 0.2) is 11.5 Å². The smallest absolute Gasteiger partial charge is 0.161 e. The molecule has 0 saturated carbocycles. The number of rotatable bonds is 5. The lowest BCUT2D eigenvalue weighted by Gasteiger charge is -2.29. The zero-order chi connectivity index (χ0) is 13.0. The maximum absolute atomic E-state index is 5.38. The second-order valence-electron chi connectivity index (χ2n) is 4.86. The molecule has 1 aromatic carbocycles. The van der Waals surface area contributed by atoms with Gasteiger partial charge in [0.2, 0.25) is 0 Å². The van der Waals surface area contributed by atoms with Crippen LogP contribution in [-0.2, 0) is 13.0 Å². The quantitative estimate of drug-likeness (QED) is 0.829. The van der Waals surface area contributed by atoms with Gasteiger partial charge in [-0.25, -0.2) is 0 Å². The van der Waals surface area contributed by atoms with Gasteiger partial charge in [0.05, 0.1) is 14.2 Å². The fraction of sp³-hybridized carbons (Fsp3) is 0.600. The lowest BCUT2D eigenvalue weighted by atomic mass is 9.98. The van der Waals surface area contributed by atoms with Crippen LogP contribution >= 0.6 is 12.4 Å². The minimum atomic E-state index is 0. The van der Waals surface area contributed by atoms with Crippen LogP contribution in [0.5, 0.6) is 11.5 Å². The summed E-state index contributed by atoms with van der Waals surface area (Å²) >= 11 is 0. The molecule has 0 fully saturated rings. The maximum Gasteiger partial charge on any atom is 0.161 e. The van der Waals surface area contributed by atoms with Crippen LogP contribution in [0.3, 0.4) is 0 Å². The normalized spacial score (nSPS) is 14.5. The van der Waals surface area contributed by atoms with Gasteiger partial charge in [-0.15, -0.1) is 12.4 Å². The Morgan fingerprint density at radius 1 is 1.11 bits per heavy atom. The largest absolute Gasteiger partial charge is 0.493 e. The predicted octanol–water partition coefficient (Wildman–Crippen LogP) is 3.28. The number of fused-ring (bicyclic) bond motifs is 1. The standard InChI is InChI=1S/C15H23NO2.ClH/c1-4-5-7-16-8-6-12-9-14(17-2)15(18-3)10-13(12)11-16;/h9-10H,4-8,11H2,1-3H3;1H. The predicted molar refractivity (Wildman–Crippen MR) is 80.7 cm³/mol. The molecule has 0 spiro atoms. The van der Waals surface area contributed by atoms with Gasteiger partial charge in [-0.1, -0.05) is 13.3 Å². The van der Waals surface area contributed by atoms with Crippen LogP contribution in [-0.4, -0.2) is 32.2 Å². The first kappa shape index (κ1) is 16.1. The van der Waals surface area contributed by atoms with Crippen LogP contribution < -0.4 is 9.47 Å². The van der Waals surface area contributed by atoms with E-state index in [2.05, 4.69) is 24.0 Å². The second kappa shape index (κ2) is 7.61. The molecule has 0 radical (unpaired) electrons. The molecule has 4 heteroatoms. The summed E-state index contributed by atoms with van der Waals surface area (Å²) in [7, 11) is 3.39. The first-order valence-corrected chi connectivity index (χ1v) is 6.74. The van der Waals surface area contributed by atoms with Crippen molar-refractivity contribution in [3.8, 4) is 11.5 Å². The Labute approximate surface area is 122 Å². The van der Waals surface area contributed by atoms with E-state index in [1.165, 1.54) is 30.5 Å². The number of benzene rings is 1. The van der Waals surface area contributed by atoms with E-state index in [0.717, 1.165) is 31.0 Å². The zero-order valence-electron chi connectivity index (χ0n) is 12.1. The summed E-state index contributed by atoms with van der Waals surface area (Å²) in [5.74, 6) is 1.69. The number of halogens is 1. The minimum absolute atomic E-state index is 0. The molecule has 0 atom stereocenters. The number of unbranched alkanes of at least 4 members (excludes halogenated alkanes) is 1. The number of hydrogen-bond donors (Lipinski definition) is 0. The summed E-state index contributed by atoms with van der Waals surface area (Å²) < 4.78 is 10.7. The van der Waals surface area contributed by atoms with Gasteiger partial charge < -0.3 is 9.47 Å². The van der Waals surface area contributed by atoms with Crippen LogP contribution in [0.15, 0.2) is 12.1 Å². The van der Waals surface area contributed by atoms with E-state index in [-0.39, 0.29) is 12.4 Å². The van der Waals surface area contributed by atoms with Crippen LogP contribution in [0.25, 0.3) is 0 Å². The van der Waals surface area contributed by atoms with Crippen LogP contribution in [0.1, 0.15) is 30.9 Å². The molecule has 0 aromatic heterocycles.